The summed E-state index contributed by atoms with van der Waals surface area (Å²) >= 11 is 0. The van der Waals surface area contributed by atoms with Crippen molar-refractivity contribution in [3.63, 3.8) is 0 Å². The summed E-state index contributed by atoms with van der Waals surface area (Å²) in [6, 6.07) is 7.12. The van der Waals surface area contributed by atoms with Crippen LogP contribution < -0.4 is 5.73 Å². The van der Waals surface area contributed by atoms with E-state index >= 15 is 0 Å². The molecule has 1 fully saturated rings. The summed E-state index contributed by atoms with van der Waals surface area (Å²) in [5.74, 6) is 0.779. The average molecular weight is 274 g/mol. The minimum Gasteiger partial charge on any atom is -0.399 e. The van der Waals surface area contributed by atoms with Crippen molar-refractivity contribution in [3.05, 3.63) is 29.3 Å². The van der Waals surface area contributed by atoms with Crippen molar-refractivity contribution in [2.24, 2.45) is 5.92 Å². The van der Waals surface area contributed by atoms with Crippen LogP contribution in [0, 0.1) is 12.8 Å². The quantitative estimate of drug-likeness (QED) is 0.781. The zero-order valence-electron chi connectivity index (χ0n) is 13.4. The molecule has 1 aliphatic carbocycles. The molecule has 2 N–H and O–H groups in total. The fraction of sp³-hybridized carbons (Fsp3) is 0.667. The summed E-state index contributed by atoms with van der Waals surface area (Å²) in [5.41, 5.74) is 9.65. The van der Waals surface area contributed by atoms with E-state index in [4.69, 9.17) is 5.73 Å². The molecule has 1 saturated carbocycles. The summed E-state index contributed by atoms with van der Waals surface area (Å²) < 4.78 is 0. The predicted molar refractivity (Wildman–Crippen MR) is 87.7 cm³/mol. The summed E-state index contributed by atoms with van der Waals surface area (Å²) in [7, 11) is 0. The van der Waals surface area contributed by atoms with Crippen LogP contribution in [-0.4, -0.2) is 17.5 Å². The summed E-state index contributed by atoms with van der Waals surface area (Å²) in [4.78, 5) is 2.70. The highest BCUT2D eigenvalue weighted by molar-refractivity contribution is 5.49. The Kier molecular flexibility index (Phi) is 5.47. The molecule has 1 aliphatic rings. The van der Waals surface area contributed by atoms with Gasteiger partial charge in [0.2, 0.25) is 0 Å². The molecule has 20 heavy (non-hydrogen) atoms. The van der Waals surface area contributed by atoms with Gasteiger partial charge in [-0.2, -0.15) is 0 Å². The molecule has 0 bridgehead atoms. The second-order valence-electron chi connectivity index (χ2n) is 6.72. The number of hydrogen-bond donors (Lipinski definition) is 1. The SMILES string of the molecule is Cc1c(N)cccc1CN(CCC(C)C)C1CCCC1. The number of nitrogens with two attached hydrogens (primary N) is 1. The Balaban J connectivity index is 2.07. The van der Waals surface area contributed by atoms with Gasteiger partial charge in [-0.1, -0.05) is 38.8 Å². The molecule has 2 rings (SSSR count). The molecule has 0 aromatic heterocycles. The van der Waals surface area contributed by atoms with Gasteiger partial charge in [0.1, 0.15) is 0 Å². The van der Waals surface area contributed by atoms with Gasteiger partial charge in [-0.25, -0.2) is 0 Å². The van der Waals surface area contributed by atoms with Gasteiger partial charge >= 0.3 is 0 Å². The van der Waals surface area contributed by atoms with E-state index < -0.39 is 0 Å². The number of anilines is 1. The number of rotatable bonds is 6. The minimum absolute atomic E-state index is 0.779. The number of benzene rings is 1. The van der Waals surface area contributed by atoms with Crippen molar-refractivity contribution in [2.45, 2.75) is 65.5 Å². The molecule has 1 aromatic rings. The second-order valence-corrected chi connectivity index (χ2v) is 6.72. The largest absolute Gasteiger partial charge is 0.399 e. The van der Waals surface area contributed by atoms with Crippen molar-refractivity contribution in [1.29, 1.82) is 0 Å². The van der Waals surface area contributed by atoms with Crippen molar-refractivity contribution in [1.82, 2.24) is 4.90 Å². The van der Waals surface area contributed by atoms with Gasteiger partial charge in [-0.3, -0.25) is 4.90 Å². The monoisotopic (exact) mass is 274 g/mol. The van der Waals surface area contributed by atoms with Crippen LogP contribution in [0.2, 0.25) is 0 Å². The first-order valence-electron chi connectivity index (χ1n) is 8.16. The van der Waals surface area contributed by atoms with Crippen molar-refractivity contribution >= 4 is 5.69 Å². The van der Waals surface area contributed by atoms with E-state index in [2.05, 4.69) is 37.8 Å². The third-order valence-electron chi connectivity index (χ3n) is 4.70. The van der Waals surface area contributed by atoms with E-state index in [1.807, 2.05) is 6.07 Å². The lowest BCUT2D eigenvalue weighted by Crippen LogP contribution is -2.34. The zero-order valence-corrected chi connectivity index (χ0v) is 13.4. The van der Waals surface area contributed by atoms with E-state index in [1.165, 1.54) is 49.8 Å². The second kappa shape index (κ2) is 7.12. The summed E-state index contributed by atoms with van der Waals surface area (Å²) in [5, 5.41) is 0. The van der Waals surface area contributed by atoms with Crippen LogP contribution in [0.15, 0.2) is 18.2 Å². The fourth-order valence-corrected chi connectivity index (χ4v) is 3.18. The summed E-state index contributed by atoms with van der Waals surface area (Å²) in [6.07, 6.45) is 6.84. The smallest absolute Gasteiger partial charge is 0.0346 e. The molecule has 1 aromatic carbocycles. The third-order valence-corrected chi connectivity index (χ3v) is 4.70. The lowest BCUT2D eigenvalue weighted by Gasteiger charge is -2.30. The molecule has 0 unspecified atom stereocenters. The molecule has 0 amide bonds. The number of nitrogens with zero attached hydrogens (tertiary/aromatic N) is 1. The first-order valence-corrected chi connectivity index (χ1v) is 8.16. The molecule has 2 heteroatoms. The Morgan fingerprint density at radius 2 is 1.95 bits per heavy atom. The molecular weight excluding hydrogens is 244 g/mol. The Hall–Kier alpha value is -1.02. The van der Waals surface area contributed by atoms with Crippen LogP contribution >= 0.6 is 0 Å². The molecule has 0 aliphatic heterocycles. The molecule has 0 heterocycles. The van der Waals surface area contributed by atoms with E-state index in [9.17, 15) is 0 Å². The van der Waals surface area contributed by atoms with E-state index in [-0.39, 0.29) is 0 Å². The lowest BCUT2D eigenvalue weighted by atomic mass is 10.0. The van der Waals surface area contributed by atoms with Crippen LogP contribution in [0.3, 0.4) is 0 Å². The maximum atomic E-state index is 6.05. The van der Waals surface area contributed by atoms with E-state index in [0.29, 0.717) is 0 Å². The number of nitrogen functional groups attached to an aromatic ring is 1. The van der Waals surface area contributed by atoms with Gasteiger partial charge in [0.05, 0.1) is 0 Å². The predicted octanol–water partition coefficient (Wildman–Crippen LogP) is 4.37. The normalized spacial score (nSPS) is 16.4. The molecule has 2 nitrogen and oxygen atoms in total. The maximum Gasteiger partial charge on any atom is 0.0346 e. The Bertz CT molecular complexity index is 419. The lowest BCUT2D eigenvalue weighted by molar-refractivity contribution is 0.179. The highest BCUT2D eigenvalue weighted by atomic mass is 15.2. The highest BCUT2D eigenvalue weighted by Gasteiger charge is 2.23. The Morgan fingerprint density at radius 3 is 2.60 bits per heavy atom. The topological polar surface area (TPSA) is 29.3 Å². The van der Waals surface area contributed by atoms with Crippen LogP contribution in [0.5, 0.6) is 0 Å². The van der Waals surface area contributed by atoms with Gasteiger partial charge < -0.3 is 5.73 Å². The van der Waals surface area contributed by atoms with Crippen LogP contribution in [-0.2, 0) is 6.54 Å². The average Bonchev–Trinajstić information content (AvgIpc) is 2.93. The Labute approximate surface area is 124 Å². The minimum atomic E-state index is 0.779. The van der Waals surface area contributed by atoms with Crippen LogP contribution in [0.4, 0.5) is 5.69 Å². The highest BCUT2D eigenvalue weighted by Crippen LogP contribution is 2.27. The molecule has 112 valence electrons. The first-order chi connectivity index (χ1) is 9.58. The van der Waals surface area contributed by atoms with Crippen LogP contribution in [0.25, 0.3) is 0 Å². The van der Waals surface area contributed by atoms with E-state index in [1.54, 1.807) is 0 Å². The van der Waals surface area contributed by atoms with Gasteiger partial charge in [-0.15, -0.1) is 0 Å². The van der Waals surface area contributed by atoms with Gasteiger partial charge in [0.25, 0.3) is 0 Å². The van der Waals surface area contributed by atoms with E-state index in [0.717, 1.165) is 24.2 Å². The molecule has 0 atom stereocenters. The Morgan fingerprint density at radius 1 is 1.25 bits per heavy atom. The first kappa shape index (κ1) is 15.4. The van der Waals surface area contributed by atoms with Gasteiger partial charge in [-0.05, 0) is 55.8 Å². The standard InChI is InChI=1S/C18H30N2/c1-14(2)11-12-20(17-8-4-5-9-17)13-16-7-6-10-18(19)15(16)3/h6-7,10,14,17H,4-5,8-9,11-13,19H2,1-3H3. The third kappa shape index (κ3) is 3.99. The molecular formula is C18H30N2. The number of hydrogen-bond acceptors (Lipinski definition) is 2. The van der Waals surface area contributed by atoms with Crippen molar-refractivity contribution in [2.75, 3.05) is 12.3 Å². The van der Waals surface area contributed by atoms with Gasteiger partial charge in [0, 0.05) is 18.3 Å². The van der Waals surface area contributed by atoms with Gasteiger partial charge in [0.15, 0.2) is 0 Å². The zero-order chi connectivity index (χ0) is 14.5. The molecule has 0 spiro atoms. The van der Waals surface area contributed by atoms with Crippen molar-refractivity contribution in [3.8, 4) is 0 Å². The maximum absolute atomic E-state index is 6.05. The van der Waals surface area contributed by atoms with Crippen molar-refractivity contribution < 1.29 is 0 Å². The molecule has 0 saturated heterocycles. The summed E-state index contributed by atoms with van der Waals surface area (Å²) in [6.45, 7) is 9.07. The van der Waals surface area contributed by atoms with Crippen LogP contribution in [0.1, 0.15) is 57.1 Å². The molecule has 0 radical (unpaired) electrons. The fourth-order valence-electron chi connectivity index (χ4n) is 3.18.